The second-order valence-corrected chi connectivity index (χ2v) is 9.34. The lowest BCUT2D eigenvalue weighted by molar-refractivity contribution is -0.666. The summed E-state index contributed by atoms with van der Waals surface area (Å²) in [6.07, 6.45) is 0. The van der Waals surface area contributed by atoms with Crippen LogP contribution in [0, 0.1) is 0 Å². The number of aromatic nitrogens is 2. The molecule has 162 valence electrons. The minimum Gasteiger partial charge on any atom is -0.230 e. The van der Waals surface area contributed by atoms with Crippen molar-refractivity contribution in [3.8, 4) is 33.1 Å². The third-order valence-electron chi connectivity index (χ3n) is 6.04. The smallest absolute Gasteiger partial charge is 0.230 e. The van der Waals surface area contributed by atoms with Crippen LogP contribution >= 0.6 is 11.3 Å². The lowest BCUT2D eigenvalue weighted by Crippen LogP contribution is -2.39. The van der Waals surface area contributed by atoms with Gasteiger partial charge in [-0.3, -0.25) is 0 Å². The number of hydrogen-bond acceptors (Lipinski definition) is 2. The highest BCUT2D eigenvalue weighted by molar-refractivity contribution is 7.21. The Balaban J connectivity index is 1.65. The number of hydrogen-bond donors (Lipinski definition) is 0. The molecule has 0 aliphatic rings. The van der Waals surface area contributed by atoms with Crippen LogP contribution in [0.4, 0.5) is 0 Å². The van der Waals surface area contributed by atoms with E-state index in [1.54, 1.807) is 11.3 Å². The third kappa shape index (κ3) is 4.02. The van der Waals surface area contributed by atoms with Crippen LogP contribution in [0.25, 0.3) is 43.3 Å². The Morgan fingerprint density at radius 1 is 0.559 bits per heavy atom. The molecule has 0 amide bonds. The molecule has 6 aromatic rings. The summed E-state index contributed by atoms with van der Waals surface area (Å²) in [6.45, 7) is 0.769. The summed E-state index contributed by atoms with van der Waals surface area (Å²) in [5, 5.41) is 1.03. The second kappa shape index (κ2) is 9.05. The van der Waals surface area contributed by atoms with Crippen molar-refractivity contribution < 1.29 is 4.57 Å². The first kappa shape index (κ1) is 20.5. The van der Waals surface area contributed by atoms with Gasteiger partial charge in [0.2, 0.25) is 11.4 Å². The molecule has 0 unspecified atom stereocenters. The number of nitrogens with zero attached hydrogens (tertiary/aromatic N) is 2. The molecular formula is C31H23N2S+. The van der Waals surface area contributed by atoms with Crippen LogP contribution in [-0.2, 0) is 6.54 Å². The molecule has 34 heavy (non-hydrogen) atoms. The zero-order valence-electron chi connectivity index (χ0n) is 18.6. The summed E-state index contributed by atoms with van der Waals surface area (Å²) in [5.41, 5.74) is 8.20. The number of rotatable bonds is 5. The summed E-state index contributed by atoms with van der Waals surface area (Å²) in [4.78, 5) is 5.05. The highest BCUT2D eigenvalue weighted by atomic mass is 32.1. The van der Waals surface area contributed by atoms with Crippen molar-refractivity contribution in [2.24, 2.45) is 0 Å². The highest BCUT2D eigenvalue weighted by Crippen LogP contribution is 2.33. The Kier molecular flexibility index (Phi) is 5.46. The summed E-state index contributed by atoms with van der Waals surface area (Å²) in [7, 11) is 0. The van der Waals surface area contributed by atoms with Crippen LogP contribution in [0.3, 0.4) is 0 Å². The highest BCUT2D eigenvalue weighted by Gasteiger charge is 2.25. The van der Waals surface area contributed by atoms with Gasteiger partial charge in [-0.25, -0.2) is 4.98 Å². The molecule has 3 heteroatoms. The molecule has 2 nitrogen and oxygen atoms in total. The first-order valence-electron chi connectivity index (χ1n) is 11.4. The molecule has 0 aliphatic carbocycles. The van der Waals surface area contributed by atoms with Gasteiger partial charge in [0.25, 0.3) is 0 Å². The lowest BCUT2D eigenvalue weighted by Gasteiger charge is -2.12. The summed E-state index contributed by atoms with van der Waals surface area (Å²) in [5.74, 6) is 0. The fraction of sp³-hybridized carbons (Fsp3) is 0.0323. The van der Waals surface area contributed by atoms with Crippen molar-refractivity contribution in [1.29, 1.82) is 0 Å². The number of para-hydroxylation sites is 1. The Labute approximate surface area is 203 Å². The van der Waals surface area contributed by atoms with Crippen LogP contribution in [0.15, 0.2) is 127 Å². The minimum absolute atomic E-state index is 0.769. The van der Waals surface area contributed by atoms with Crippen molar-refractivity contribution >= 4 is 21.6 Å². The van der Waals surface area contributed by atoms with E-state index in [-0.39, 0.29) is 0 Å². The van der Waals surface area contributed by atoms with Gasteiger partial charge in [-0.15, -0.1) is 11.3 Å². The van der Waals surface area contributed by atoms with E-state index in [2.05, 4.69) is 132 Å². The number of thiazole rings is 1. The topological polar surface area (TPSA) is 16.8 Å². The number of pyridine rings is 1. The average molecular weight is 456 g/mol. The van der Waals surface area contributed by atoms with E-state index in [4.69, 9.17) is 4.98 Å². The molecule has 0 bridgehead atoms. The maximum Gasteiger partial charge on any atom is 0.242 e. The van der Waals surface area contributed by atoms with Gasteiger partial charge in [0.15, 0.2) is 11.6 Å². The molecule has 0 N–H and O–H groups in total. The molecule has 0 aliphatic heterocycles. The molecule has 6 rings (SSSR count). The molecular weight excluding hydrogens is 432 g/mol. The average Bonchev–Trinajstić information content (AvgIpc) is 3.35. The molecule has 0 radical (unpaired) electrons. The monoisotopic (exact) mass is 455 g/mol. The molecule has 2 heterocycles. The van der Waals surface area contributed by atoms with E-state index < -0.39 is 0 Å². The standard InChI is InChI=1S/C31H23N2S/c1-4-12-23(13-5-1)22-33-28(25-16-8-3-9-17-25)20-26(24-14-6-2-7-15-24)21-29(33)31-32-27-18-10-11-19-30(27)34-31/h1-21H,22H2/q+1. The minimum atomic E-state index is 0.769. The zero-order valence-corrected chi connectivity index (χ0v) is 19.5. The van der Waals surface area contributed by atoms with E-state index in [1.165, 1.54) is 32.6 Å². The molecule has 0 spiro atoms. The van der Waals surface area contributed by atoms with E-state index in [9.17, 15) is 0 Å². The van der Waals surface area contributed by atoms with Crippen LogP contribution < -0.4 is 4.57 Å². The summed E-state index contributed by atoms with van der Waals surface area (Å²) in [6, 6.07) is 44.9. The summed E-state index contributed by atoms with van der Waals surface area (Å²) < 4.78 is 3.62. The van der Waals surface area contributed by atoms with Crippen molar-refractivity contribution in [1.82, 2.24) is 4.98 Å². The maximum absolute atomic E-state index is 5.05. The molecule has 4 aromatic carbocycles. The normalized spacial score (nSPS) is 11.1. The first-order valence-corrected chi connectivity index (χ1v) is 12.3. The molecule has 2 aromatic heterocycles. The Hall–Kier alpha value is -4.08. The van der Waals surface area contributed by atoms with Gasteiger partial charge in [0, 0.05) is 23.3 Å². The van der Waals surface area contributed by atoms with Gasteiger partial charge in [0.1, 0.15) is 0 Å². The van der Waals surface area contributed by atoms with Crippen LogP contribution in [0.5, 0.6) is 0 Å². The van der Waals surface area contributed by atoms with E-state index in [0.717, 1.165) is 22.8 Å². The van der Waals surface area contributed by atoms with Gasteiger partial charge in [-0.2, -0.15) is 4.57 Å². The van der Waals surface area contributed by atoms with Gasteiger partial charge in [-0.05, 0) is 35.4 Å². The Morgan fingerprint density at radius 2 is 1.15 bits per heavy atom. The number of benzene rings is 4. The van der Waals surface area contributed by atoms with Gasteiger partial charge < -0.3 is 0 Å². The fourth-order valence-corrected chi connectivity index (χ4v) is 5.35. The lowest BCUT2D eigenvalue weighted by atomic mass is 10.0. The molecule has 0 fully saturated rings. The molecule has 0 atom stereocenters. The van der Waals surface area contributed by atoms with Crippen molar-refractivity contribution in [2.45, 2.75) is 6.54 Å². The number of fused-ring (bicyclic) bond motifs is 1. The van der Waals surface area contributed by atoms with Gasteiger partial charge in [0.05, 0.1) is 10.2 Å². The van der Waals surface area contributed by atoms with Crippen LogP contribution in [0.1, 0.15) is 5.56 Å². The van der Waals surface area contributed by atoms with E-state index in [1.807, 2.05) is 0 Å². The maximum atomic E-state index is 5.05. The van der Waals surface area contributed by atoms with Crippen LogP contribution in [0.2, 0.25) is 0 Å². The Bertz CT molecular complexity index is 1520. The first-order chi connectivity index (χ1) is 16.8. The predicted octanol–water partition coefficient (Wildman–Crippen LogP) is 7.63. The largest absolute Gasteiger partial charge is 0.242 e. The molecule has 0 saturated carbocycles. The third-order valence-corrected chi connectivity index (χ3v) is 7.10. The van der Waals surface area contributed by atoms with E-state index in [0.29, 0.717) is 0 Å². The fourth-order valence-electron chi connectivity index (χ4n) is 4.36. The second-order valence-electron chi connectivity index (χ2n) is 8.31. The van der Waals surface area contributed by atoms with Gasteiger partial charge >= 0.3 is 0 Å². The van der Waals surface area contributed by atoms with Crippen molar-refractivity contribution in [2.75, 3.05) is 0 Å². The molecule has 0 saturated heterocycles. The quantitative estimate of drug-likeness (QED) is 0.244. The van der Waals surface area contributed by atoms with Crippen LogP contribution in [-0.4, -0.2) is 4.98 Å². The van der Waals surface area contributed by atoms with Crippen molar-refractivity contribution in [3.05, 3.63) is 133 Å². The zero-order chi connectivity index (χ0) is 22.7. The van der Waals surface area contributed by atoms with E-state index >= 15 is 0 Å². The SMILES string of the molecule is c1ccc(C[n+]2c(-c3ccccc3)cc(-c3ccccc3)cc2-c2nc3ccccc3s2)cc1. The van der Waals surface area contributed by atoms with Crippen molar-refractivity contribution in [3.63, 3.8) is 0 Å². The van der Waals surface area contributed by atoms with Gasteiger partial charge in [-0.1, -0.05) is 91.0 Å². The predicted molar refractivity (Wildman–Crippen MR) is 142 cm³/mol. The summed E-state index contributed by atoms with van der Waals surface area (Å²) >= 11 is 1.75. The Morgan fingerprint density at radius 3 is 1.85 bits per heavy atom.